The molecule has 0 aliphatic rings. The molecule has 1 aromatic heterocycles. The van der Waals surface area contributed by atoms with Crippen molar-refractivity contribution in [1.82, 2.24) is 15.1 Å². The van der Waals surface area contributed by atoms with Crippen LogP contribution in [0.25, 0.3) is 0 Å². The van der Waals surface area contributed by atoms with E-state index in [1.807, 2.05) is 16.9 Å². The molecule has 1 unspecified atom stereocenters. The summed E-state index contributed by atoms with van der Waals surface area (Å²) in [4.78, 5) is 0. The standard InChI is InChI=1S/C10H19N3O/c1-9(2)10(8-14)11-5-7-13-6-3-4-12-13/h3-4,6,9-11,14H,5,7-8H2,1-2H3. The highest BCUT2D eigenvalue weighted by Gasteiger charge is 2.10. The summed E-state index contributed by atoms with van der Waals surface area (Å²) in [5, 5.41) is 16.5. The summed E-state index contributed by atoms with van der Waals surface area (Å²) >= 11 is 0. The van der Waals surface area contributed by atoms with Crippen molar-refractivity contribution in [3.63, 3.8) is 0 Å². The molecule has 14 heavy (non-hydrogen) atoms. The van der Waals surface area contributed by atoms with E-state index in [0.29, 0.717) is 5.92 Å². The normalized spacial score (nSPS) is 13.4. The maximum absolute atomic E-state index is 9.07. The molecular formula is C10H19N3O. The van der Waals surface area contributed by atoms with Crippen molar-refractivity contribution in [3.8, 4) is 0 Å². The average Bonchev–Trinajstić information content (AvgIpc) is 2.64. The maximum atomic E-state index is 9.07. The van der Waals surface area contributed by atoms with Gasteiger partial charge in [-0.25, -0.2) is 0 Å². The van der Waals surface area contributed by atoms with Crippen LogP contribution in [0.5, 0.6) is 0 Å². The van der Waals surface area contributed by atoms with Gasteiger partial charge in [-0.3, -0.25) is 4.68 Å². The lowest BCUT2D eigenvalue weighted by atomic mass is 10.1. The molecule has 0 amide bonds. The smallest absolute Gasteiger partial charge is 0.0587 e. The van der Waals surface area contributed by atoms with E-state index in [9.17, 15) is 0 Å². The second-order valence-electron chi connectivity index (χ2n) is 3.76. The van der Waals surface area contributed by atoms with Gasteiger partial charge in [0.05, 0.1) is 13.2 Å². The topological polar surface area (TPSA) is 50.1 Å². The van der Waals surface area contributed by atoms with Gasteiger partial charge in [0, 0.05) is 25.0 Å². The van der Waals surface area contributed by atoms with Crippen LogP contribution >= 0.6 is 0 Å². The SMILES string of the molecule is CC(C)C(CO)NCCn1cccn1. The second-order valence-corrected chi connectivity index (χ2v) is 3.76. The monoisotopic (exact) mass is 197 g/mol. The first-order valence-electron chi connectivity index (χ1n) is 5.05. The Hall–Kier alpha value is -0.870. The van der Waals surface area contributed by atoms with E-state index in [2.05, 4.69) is 24.3 Å². The molecule has 2 N–H and O–H groups in total. The van der Waals surface area contributed by atoms with Crippen LogP contribution in [0, 0.1) is 5.92 Å². The van der Waals surface area contributed by atoms with E-state index in [1.54, 1.807) is 6.20 Å². The molecule has 1 aromatic rings. The molecule has 80 valence electrons. The minimum Gasteiger partial charge on any atom is -0.395 e. The van der Waals surface area contributed by atoms with Crippen molar-refractivity contribution in [1.29, 1.82) is 0 Å². The van der Waals surface area contributed by atoms with E-state index in [0.717, 1.165) is 13.1 Å². The summed E-state index contributed by atoms with van der Waals surface area (Å²) in [5.41, 5.74) is 0. The predicted octanol–water partition coefficient (Wildman–Crippen LogP) is 0.490. The van der Waals surface area contributed by atoms with Gasteiger partial charge in [0.15, 0.2) is 0 Å². The molecule has 1 heterocycles. The number of rotatable bonds is 6. The third-order valence-electron chi connectivity index (χ3n) is 2.31. The van der Waals surface area contributed by atoms with Gasteiger partial charge in [-0.05, 0) is 12.0 Å². The third kappa shape index (κ3) is 3.47. The van der Waals surface area contributed by atoms with Crippen molar-refractivity contribution in [3.05, 3.63) is 18.5 Å². The predicted molar refractivity (Wildman–Crippen MR) is 55.9 cm³/mol. The van der Waals surface area contributed by atoms with Crippen LogP contribution in [-0.2, 0) is 6.54 Å². The van der Waals surface area contributed by atoms with Crippen molar-refractivity contribution in [2.24, 2.45) is 5.92 Å². The minimum absolute atomic E-state index is 0.186. The first-order valence-corrected chi connectivity index (χ1v) is 5.05. The van der Waals surface area contributed by atoms with Crippen LogP contribution < -0.4 is 5.32 Å². The molecular weight excluding hydrogens is 178 g/mol. The van der Waals surface area contributed by atoms with Crippen molar-refractivity contribution in [2.45, 2.75) is 26.4 Å². The van der Waals surface area contributed by atoms with Gasteiger partial charge in [-0.1, -0.05) is 13.8 Å². The molecule has 4 nitrogen and oxygen atoms in total. The van der Waals surface area contributed by atoms with Gasteiger partial charge in [0.25, 0.3) is 0 Å². The van der Waals surface area contributed by atoms with E-state index < -0.39 is 0 Å². The second kappa shape index (κ2) is 5.78. The van der Waals surface area contributed by atoms with Crippen molar-refractivity contribution in [2.75, 3.05) is 13.2 Å². The fraction of sp³-hybridized carbons (Fsp3) is 0.700. The number of hydrogen-bond donors (Lipinski definition) is 2. The summed E-state index contributed by atoms with van der Waals surface area (Å²) in [7, 11) is 0. The third-order valence-corrected chi connectivity index (χ3v) is 2.31. The maximum Gasteiger partial charge on any atom is 0.0587 e. The van der Waals surface area contributed by atoms with Crippen LogP contribution in [-0.4, -0.2) is 34.1 Å². The minimum atomic E-state index is 0.186. The molecule has 0 fully saturated rings. The Kier molecular flexibility index (Phi) is 4.62. The summed E-state index contributed by atoms with van der Waals surface area (Å²) < 4.78 is 1.88. The van der Waals surface area contributed by atoms with Gasteiger partial charge in [-0.15, -0.1) is 0 Å². The summed E-state index contributed by atoms with van der Waals surface area (Å²) in [6.45, 7) is 6.07. The zero-order chi connectivity index (χ0) is 10.4. The van der Waals surface area contributed by atoms with Crippen LogP contribution in [0.1, 0.15) is 13.8 Å². The van der Waals surface area contributed by atoms with E-state index in [-0.39, 0.29) is 12.6 Å². The number of aliphatic hydroxyl groups is 1. The number of hydrogen-bond acceptors (Lipinski definition) is 3. The van der Waals surface area contributed by atoms with Gasteiger partial charge >= 0.3 is 0 Å². The molecule has 0 saturated heterocycles. The molecule has 1 rings (SSSR count). The Bertz CT molecular complexity index is 234. The first-order chi connectivity index (χ1) is 6.74. The Morgan fingerprint density at radius 1 is 1.50 bits per heavy atom. The average molecular weight is 197 g/mol. The molecule has 1 atom stereocenters. The number of nitrogens with one attached hydrogen (secondary N) is 1. The van der Waals surface area contributed by atoms with Crippen LogP contribution in [0.15, 0.2) is 18.5 Å². The van der Waals surface area contributed by atoms with E-state index in [1.165, 1.54) is 0 Å². The largest absolute Gasteiger partial charge is 0.395 e. The Morgan fingerprint density at radius 3 is 2.79 bits per heavy atom. The van der Waals surface area contributed by atoms with Gasteiger partial charge in [0.1, 0.15) is 0 Å². The fourth-order valence-corrected chi connectivity index (χ4v) is 1.31. The lowest BCUT2D eigenvalue weighted by Crippen LogP contribution is -2.38. The van der Waals surface area contributed by atoms with Gasteiger partial charge in [0.2, 0.25) is 0 Å². The highest BCUT2D eigenvalue weighted by Crippen LogP contribution is 1.99. The number of nitrogens with zero attached hydrogens (tertiary/aromatic N) is 2. The molecule has 0 spiro atoms. The lowest BCUT2D eigenvalue weighted by Gasteiger charge is -2.19. The van der Waals surface area contributed by atoms with Gasteiger partial charge in [-0.2, -0.15) is 5.10 Å². The Morgan fingerprint density at radius 2 is 2.29 bits per heavy atom. The van der Waals surface area contributed by atoms with Crippen LogP contribution in [0.3, 0.4) is 0 Å². The highest BCUT2D eigenvalue weighted by molar-refractivity contribution is 4.78. The molecule has 0 saturated carbocycles. The lowest BCUT2D eigenvalue weighted by molar-refractivity contribution is 0.209. The number of aliphatic hydroxyl groups excluding tert-OH is 1. The molecule has 0 aliphatic heterocycles. The quantitative estimate of drug-likeness (QED) is 0.698. The van der Waals surface area contributed by atoms with E-state index in [4.69, 9.17) is 5.11 Å². The first kappa shape index (κ1) is 11.2. The fourth-order valence-electron chi connectivity index (χ4n) is 1.31. The summed E-state index contributed by atoms with van der Waals surface area (Å²) in [6, 6.07) is 2.09. The Labute approximate surface area is 84.9 Å². The Balaban J connectivity index is 2.20. The molecule has 0 aromatic carbocycles. The number of aromatic nitrogens is 2. The summed E-state index contributed by atoms with van der Waals surface area (Å²) in [6.07, 6.45) is 3.71. The van der Waals surface area contributed by atoms with Crippen molar-refractivity contribution < 1.29 is 5.11 Å². The van der Waals surface area contributed by atoms with E-state index >= 15 is 0 Å². The molecule has 0 radical (unpaired) electrons. The van der Waals surface area contributed by atoms with Gasteiger partial charge < -0.3 is 10.4 Å². The molecule has 0 bridgehead atoms. The van der Waals surface area contributed by atoms with Crippen LogP contribution in [0.4, 0.5) is 0 Å². The summed E-state index contributed by atoms with van der Waals surface area (Å²) in [5.74, 6) is 0.456. The van der Waals surface area contributed by atoms with Crippen molar-refractivity contribution >= 4 is 0 Å². The zero-order valence-electron chi connectivity index (χ0n) is 8.85. The molecule has 0 aliphatic carbocycles. The highest BCUT2D eigenvalue weighted by atomic mass is 16.3. The van der Waals surface area contributed by atoms with Crippen LogP contribution in [0.2, 0.25) is 0 Å². The zero-order valence-corrected chi connectivity index (χ0v) is 8.85. The molecule has 4 heteroatoms.